The minimum Gasteiger partial charge on any atom is -0.488 e. The highest BCUT2D eigenvalue weighted by Crippen LogP contribution is 2.23. The first-order valence-corrected chi connectivity index (χ1v) is 8.94. The number of carbonyl (C=O) groups excluding carboxylic acids is 2. The minimum atomic E-state index is -1.05. The summed E-state index contributed by atoms with van der Waals surface area (Å²) in [6, 6.07) is 8.19. The van der Waals surface area contributed by atoms with Gasteiger partial charge in [0.15, 0.2) is 6.10 Å². The van der Waals surface area contributed by atoms with Crippen LogP contribution in [0.4, 0.5) is 5.88 Å². The Balaban J connectivity index is 1.65. The van der Waals surface area contributed by atoms with Gasteiger partial charge in [-0.05, 0) is 39.8 Å². The van der Waals surface area contributed by atoms with E-state index in [2.05, 4.69) is 15.6 Å². The third-order valence-electron chi connectivity index (χ3n) is 4.19. The lowest BCUT2D eigenvalue weighted by Gasteiger charge is -2.14. The Kier molecular flexibility index (Phi) is 5.96. The van der Waals surface area contributed by atoms with Crippen molar-refractivity contribution < 1.29 is 28.1 Å². The van der Waals surface area contributed by atoms with E-state index < -0.39 is 18.0 Å². The number of esters is 1. The molecule has 1 N–H and O–H groups in total. The van der Waals surface area contributed by atoms with E-state index in [1.54, 1.807) is 44.2 Å². The Hall–Kier alpha value is -3.62. The maximum atomic E-state index is 12.6. The molecule has 1 atom stereocenters. The molecule has 0 aliphatic rings. The van der Waals surface area contributed by atoms with Crippen molar-refractivity contribution in [3.63, 3.8) is 0 Å². The van der Waals surface area contributed by atoms with Gasteiger partial charge in [-0.1, -0.05) is 22.4 Å². The summed E-state index contributed by atoms with van der Waals surface area (Å²) in [5.74, 6) is -0.0653. The zero-order chi connectivity index (χ0) is 21.0. The van der Waals surface area contributed by atoms with E-state index in [0.29, 0.717) is 17.2 Å². The number of para-hydroxylation sites is 1. The molecule has 2 heterocycles. The van der Waals surface area contributed by atoms with E-state index in [-0.39, 0.29) is 18.1 Å². The van der Waals surface area contributed by atoms with Gasteiger partial charge in [0.25, 0.3) is 5.91 Å². The molecule has 9 nitrogen and oxygen atoms in total. The van der Waals surface area contributed by atoms with E-state index in [0.717, 1.165) is 11.3 Å². The molecule has 9 heteroatoms. The third-order valence-corrected chi connectivity index (χ3v) is 4.19. The van der Waals surface area contributed by atoms with Crippen molar-refractivity contribution in [3.8, 4) is 5.75 Å². The van der Waals surface area contributed by atoms with Crippen LogP contribution in [-0.2, 0) is 16.1 Å². The molecule has 152 valence electrons. The van der Waals surface area contributed by atoms with Crippen LogP contribution in [0.5, 0.6) is 5.75 Å². The number of amides is 1. The topological polar surface area (TPSA) is 117 Å². The highest BCUT2D eigenvalue weighted by atomic mass is 16.6. The van der Waals surface area contributed by atoms with Crippen LogP contribution < -0.4 is 10.1 Å². The van der Waals surface area contributed by atoms with E-state index in [4.69, 9.17) is 18.5 Å². The monoisotopic (exact) mass is 399 g/mol. The number of aryl methyl sites for hydroxylation is 3. The molecule has 0 spiro atoms. The molecule has 1 unspecified atom stereocenters. The molecule has 1 amide bonds. The van der Waals surface area contributed by atoms with Crippen molar-refractivity contribution in [2.75, 3.05) is 5.32 Å². The van der Waals surface area contributed by atoms with Crippen LogP contribution in [-0.4, -0.2) is 28.3 Å². The van der Waals surface area contributed by atoms with Gasteiger partial charge < -0.3 is 18.5 Å². The van der Waals surface area contributed by atoms with Gasteiger partial charge in [0.1, 0.15) is 23.7 Å². The molecule has 0 radical (unpaired) electrons. The fraction of sp³-hybridized carbons (Fsp3) is 0.300. The number of ether oxygens (including phenoxy) is 2. The van der Waals surface area contributed by atoms with Gasteiger partial charge in [-0.25, -0.2) is 4.79 Å². The second-order valence-electron chi connectivity index (χ2n) is 6.46. The van der Waals surface area contributed by atoms with Crippen molar-refractivity contribution >= 4 is 17.8 Å². The van der Waals surface area contributed by atoms with E-state index in [1.165, 1.54) is 6.92 Å². The average molecular weight is 399 g/mol. The van der Waals surface area contributed by atoms with Gasteiger partial charge in [0.2, 0.25) is 5.88 Å². The summed E-state index contributed by atoms with van der Waals surface area (Å²) in [6.45, 7) is 6.97. The van der Waals surface area contributed by atoms with Crippen LogP contribution in [0.1, 0.15) is 40.0 Å². The van der Waals surface area contributed by atoms with Crippen LogP contribution >= 0.6 is 0 Å². The lowest BCUT2D eigenvalue weighted by Crippen LogP contribution is -2.30. The molecule has 3 aromatic rings. The number of benzene rings is 1. The number of hydrogen-bond acceptors (Lipinski definition) is 8. The summed E-state index contributed by atoms with van der Waals surface area (Å²) in [5.41, 5.74) is 2.35. The van der Waals surface area contributed by atoms with Crippen molar-refractivity contribution in [2.45, 2.75) is 40.4 Å². The van der Waals surface area contributed by atoms with Crippen molar-refractivity contribution in [3.05, 3.63) is 58.6 Å². The largest absolute Gasteiger partial charge is 0.488 e. The number of aromatic nitrogens is 2. The number of hydrogen-bond donors (Lipinski definition) is 1. The molecule has 1 aromatic carbocycles. The summed E-state index contributed by atoms with van der Waals surface area (Å²) >= 11 is 0. The molecular weight excluding hydrogens is 378 g/mol. The molecule has 0 bridgehead atoms. The first-order chi connectivity index (χ1) is 13.8. The second-order valence-corrected chi connectivity index (χ2v) is 6.46. The lowest BCUT2D eigenvalue weighted by molar-refractivity contribution is -0.123. The first kappa shape index (κ1) is 20.1. The highest BCUT2D eigenvalue weighted by molar-refractivity contribution is 5.97. The molecule has 0 aliphatic carbocycles. The van der Waals surface area contributed by atoms with Gasteiger partial charge >= 0.3 is 5.97 Å². The SMILES string of the molecule is Cc1cc(NC(=O)C(C)OC(=O)c2ccccc2OCc2c(C)noc2C)on1. The molecule has 2 aromatic heterocycles. The van der Waals surface area contributed by atoms with E-state index in [1.807, 2.05) is 6.92 Å². The van der Waals surface area contributed by atoms with Crippen LogP contribution in [0.25, 0.3) is 0 Å². The Labute approximate surface area is 166 Å². The van der Waals surface area contributed by atoms with E-state index in [9.17, 15) is 9.59 Å². The summed E-state index contributed by atoms with van der Waals surface area (Å²) in [4.78, 5) is 24.8. The zero-order valence-electron chi connectivity index (χ0n) is 16.5. The number of nitrogens with zero attached hydrogens (tertiary/aromatic N) is 2. The lowest BCUT2D eigenvalue weighted by atomic mass is 10.2. The smallest absolute Gasteiger partial charge is 0.342 e. The number of nitrogens with one attached hydrogen (secondary N) is 1. The maximum absolute atomic E-state index is 12.6. The van der Waals surface area contributed by atoms with Crippen LogP contribution in [0.3, 0.4) is 0 Å². The highest BCUT2D eigenvalue weighted by Gasteiger charge is 2.22. The minimum absolute atomic E-state index is 0.179. The van der Waals surface area contributed by atoms with Crippen LogP contribution in [0.2, 0.25) is 0 Å². The van der Waals surface area contributed by atoms with Gasteiger partial charge in [0.05, 0.1) is 17.0 Å². The molecule has 0 fully saturated rings. The summed E-state index contributed by atoms with van der Waals surface area (Å²) < 4.78 is 21.1. The van der Waals surface area contributed by atoms with Crippen molar-refractivity contribution in [2.24, 2.45) is 0 Å². The zero-order valence-corrected chi connectivity index (χ0v) is 16.5. The number of anilines is 1. The van der Waals surface area contributed by atoms with Gasteiger partial charge in [-0.3, -0.25) is 10.1 Å². The Morgan fingerprint density at radius 2 is 1.90 bits per heavy atom. The quantitative estimate of drug-likeness (QED) is 0.601. The standard InChI is InChI=1S/C20H21N3O6/c1-11-9-18(29-22-11)21-19(24)14(4)27-20(25)15-7-5-6-8-17(15)26-10-16-12(2)23-28-13(16)3/h5-9,14H,10H2,1-4H3,(H,21,24). The predicted octanol–water partition coefficient (Wildman–Crippen LogP) is 3.35. The number of carbonyl (C=O) groups is 2. The normalized spacial score (nSPS) is 11.7. The van der Waals surface area contributed by atoms with Crippen molar-refractivity contribution in [1.82, 2.24) is 10.3 Å². The number of rotatable bonds is 7. The molecular formula is C20H21N3O6. The average Bonchev–Trinajstić information content (AvgIpc) is 3.25. The molecule has 0 saturated carbocycles. The first-order valence-electron chi connectivity index (χ1n) is 8.94. The van der Waals surface area contributed by atoms with Gasteiger partial charge in [-0.2, -0.15) is 0 Å². The summed E-state index contributed by atoms with van der Waals surface area (Å²) in [6.07, 6.45) is -1.05. The molecule has 0 saturated heterocycles. The Bertz CT molecular complexity index is 1000. The molecule has 3 rings (SSSR count). The third kappa shape index (κ3) is 4.81. The Morgan fingerprint density at radius 3 is 2.55 bits per heavy atom. The van der Waals surface area contributed by atoms with Crippen molar-refractivity contribution in [1.29, 1.82) is 0 Å². The fourth-order valence-electron chi connectivity index (χ4n) is 2.54. The maximum Gasteiger partial charge on any atom is 0.342 e. The molecule has 29 heavy (non-hydrogen) atoms. The summed E-state index contributed by atoms with van der Waals surface area (Å²) in [5, 5.41) is 10.1. The second kappa shape index (κ2) is 8.59. The van der Waals surface area contributed by atoms with Crippen LogP contribution in [0.15, 0.2) is 39.4 Å². The van der Waals surface area contributed by atoms with Gasteiger partial charge in [0, 0.05) is 6.07 Å². The van der Waals surface area contributed by atoms with E-state index >= 15 is 0 Å². The van der Waals surface area contributed by atoms with Crippen LogP contribution in [0, 0.1) is 20.8 Å². The fourth-order valence-corrected chi connectivity index (χ4v) is 2.54. The Morgan fingerprint density at radius 1 is 1.14 bits per heavy atom. The van der Waals surface area contributed by atoms with Gasteiger partial charge in [-0.15, -0.1) is 0 Å². The predicted molar refractivity (Wildman–Crippen MR) is 101 cm³/mol. The molecule has 0 aliphatic heterocycles. The summed E-state index contributed by atoms with van der Waals surface area (Å²) in [7, 11) is 0.